The summed E-state index contributed by atoms with van der Waals surface area (Å²) in [7, 11) is -3.32. The van der Waals surface area contributed by atoms with E-state index < -0.39 is 16.1 Å². The van der Waals surface area contributed by atoms with Crippen LogP contribution in [-0.4, -0.2) is 68.2 Å². The van der Waals surface area contributed by atoms with Crippen LogP contribution in [0.1, 0.15) is 26.2 Å². The lowest BCUT2D eigenvalue weighted by atomic mass is 10.0. The second-order valence-electron chi connectivity index (χ2n) is 5.35. The number of carbonyl (C=O) groups is 1. The van der Waals surface area contributed by atoms with Crippen LogP contribution in [0.2, 0.25) is 0 Å². The predicted molar refractivity (Wildman–Crippen MR) is 71.2 cm³/mol. The SMILES string of the molecule is C[C@H]1CN(C(=O)[C@@H]2CCCCN2S(C)(=O)=O)CCO1. The standard InChI is InChI=1S/C12H22N2O4S/c1-10-9-13(7-8-18-10)12(15)11-5-3-4-6-14(11)19(2,16)17/h10-11H,3-9H2,1-2H3/t10-,11-/m0/s1. The van der Waals surface area contributed by atoms with Crippen molar-refractivity contribution >= 4 is 15.9 Å². The molecule has 19 heavy (non-hydrogen) atoms. The summed E-state index contributed by atoms with van der Waals surface area (Å²) in [4.78, 5) is 14.3. The molecular formula is C12H22N2O4S. The van der Waals surface area contributed by atoms with E-state index in [1.54, 1.807) is 4.90 Å². The first-order chi connectivity index (χ1) is 8.89. The molecule has 110 valence electrons. The molecule has 0 aromatic rings. The van der Waals surface area contributed by atoms with Crippen LogP contribution in [0.4, 0.5) is 0 Å². The van der Waals surface area contributed by atoms with Crippen molar-refractivity contribution in [3.8, 4) is 0 Å². The van der Waals surface area contributed by atoms with E-state index in [0.29, 0.717) is 32.7 Å². The molecule has 2 saturated heterocycles. The number of amides is 1. The van der Waals surface area contributed by atoms with Gasteiger partial charge in [-0.3, -0.25) is 4.79 Å². The van der Waals surface area contributed by atoms with Gasteiger partial charge in [-0.25, -0.2) is 8.42 Å². The summed E-state index contributed by atoms with van der Waals surface area (Å²) in [6.45, 7) is 4.01. The summed E-state index contributed by atoms with van der Waals surface area (Å²) >= 11 is 0. The van der Waals surface area contributed by atoms with Crippen molar-refractivity contribution in [2.75, 3.05) is 32.5 Å². The number of hydrogen-bond acceptors (Lipinski definition) is 4. The van der Waals surface area contributed by atoms with E-state index in [4.69, 9.17) is 4.74 Å². The Morgan fingerprint density at radius 3 is 2.63 bits per heavy atom. The molecule has 2 fully saturated rings. The number of morpholine rings is 1. The van der Waals surface area contributed by atoms with Crippen molar-refractivity contribution in [3.05, 3.63) is 0 Å². The number of sulfonamides is 1. The molecule has 2 rings (SSSR count). The lowest BCUT2D eigenvalue weighted by Crippen LogP contribution is -2.55. The van der Waals surface area contributed by atoms with Crippen LogP contribution >= 0.6 is 0 Å². The maximum atomic E-state index is 12.5. The minimum Gasteiger partial charge on any atom is -0.375 e. The maximum absolute atomic E-state index is 12.5. The normalized spacial score (nSPS) is 30.3. The first-order valence-electron chi connectivity index (χ1n) is 6.77. The average Bonchev–Trinajstić information content (AvgIpc) is 2.37. The Morgan fingerprint density at radius 1 is 1.26 bits per heavy atom. The topological polar surface area (TPSA) is 66.9 Å². The Labute approximate surface area is 114 Å². The second-order valence-corrected chi connectivity index (χ2v) is 7.29. The van der Waals surface area contributed by atoms with E-state index in [1.165, 1.54) is 10.6 Å². The van der Waals surface area contributed by atoms with Crippen LogP contribution in [0, 0.1) is 0 Å². The molecule has 2 aliphatic rings. The third-order valence-electron chi connectivity index (χ3n) is 3.72. The maximum Gasteiger partial charge on any atom is 0.241 e. The zero-order chi connectivity index (χ0) is 14.0. The van der Waals surface area contributed by atoms with Gasteiger partial charge in [-0.15, -0.1) is 0 Å². The van der Waals surface area contributed by atoms with Crippen molar-refractivity contribution in [2.45, 2.75) is 38.3 Å². The van der Waals surface area contributed by atoms with Gasteiger partial charge in [0.05, 0.1) is 19.0 Å². The molecule has 6 nitrogen and oxygen atoms in total. The smallest absolute Gasteiger partial charge is 0.241 e. The Morgan fingerprint density at radius 2 is 2.00 bits per heavy atom. The molecule has 0 spiro atoms. The van der Waals surface area contributed by atoms with Gasteiger partial charge >= 0.3 is 0 Å². The largest absolute Gasteiger partial charge is 0.375 e. The van der Waals surface area contributed by atoms with Crippen LogP contribution < -0.4 is 0 Å². The van der Waals surface area contributed by atoms with Gasteiger partial charge in [-0.1, -0.05) is 6.42 Å². The molecule has 2 heterocycles. The van der Waals surface area contributed by atoms with E-state index in [0.717, 1.165) is 12.8 Å². The number of rotatable bonds is 2. The molecule has 0 radical (unpaired) electrons. The third kappa shape index (κ3) is 3.46. The van der Waals surface area contributed by atoms with E-state index in [9.17, 15) is 13.2 Å². The molecule has 0 bridgehead atoms. The Hall–Kier alpha value is -0.660. The van der Waals surface area contributed by atoms with Crippen LogP contribution in [0.15, 0.2) is 0 Å². The highest BCUT2D eigenvalue weighted by Crippen LogP contribution is 2.22. The van der Waals surface area contributed by atoms with Gasteiger partial charge < -0.3 is 9.64 Å². The average molecular weight is 290 g/mol. The van der Waals surface area contributed by atoms with E-state index in [-0.39, 0.29) is 12.0 Å². The van der Waals surface area contributed by atoms with Crippen LogP contribution in [-0.2, 0) is 19.6 Å². The van der Waals surface area contributed by atoms with Crippen molar-refractivity contribution < 1.29 is 17.9 Å². The van der Waals surface area contributed by atoms with Gasteiger partial charge in [-0.2, -0.15) is 4.31 Å². The molecule has 0 aliphatic carbocycles. The minimum absolute atomic E-state index is 0.0213. The zero-order valence-corrected chi connectivity index (χ0v) is 12.4. The molecule has 7 heteroatoms. The summed E-state index contributed by atoms with van der Waals surface area (Å²) in [6, 6.07) is -0.519. The Kier molecular flexibility index (Phi) is 4.47. The van der Waals surface area contributed by atoms with Gasteiger partial charge in [0.2, 0.25) is 15.9 Å². The Bertz CT molecular complexity index is 437. The molecule has 2 aliphatic heterocycles. The van der Waals surface area contributed by atoms with Gasteiger partial charge in [0.1, 0.15) is 6.04 Å². The lowest BCUT2D eigenvalue weighted by molar-refractivity contribution is -0.143. The van der Waals surface area contributed by atoms with E-state index >= 15 is 0 Å². The first kappa shape index (κ1) is 14.7. The number of hydrogen-bond donors (Lipinski definition) is 0. The highest BCUT2D eigenvalue weighted by atomic mass is 32.2. The van der Waals surface area contributed by atoms with Crippen LogP contribution in [0.5, 0.6) is 0 Å². The summed E-state index contributed by atoms with van der Waals surface area (Å²) in [5, 5.41) is 0. The summed E-state index contributed by atoms with van der Waals surface area (Å²) in [5.41, 5.74) is 0. The highest BCUT2D eigenvalue weighted by Gasteiger charge is 2.37. The van der Waals surface area contributed by atoms with Crippen molar-refractivity contribution in [1.82, 2.24) is 9.21 Å². The number of ether oxygens (including phenoxy) is 1. The molecular weight excluding hydrogens is 268 g/mol. The molecule has 0 aromatic carbocycles. The Balaban J connectivity index is 2.11. The molecule has 0 unspecified atom stereocenters. The summed E-state index contributed by atoms with van der Waals surface area (Å²) in [6.07, 6.45) is 3.56. The third-order valence-corrected chi connectivity index (χ3v) is 5.01. The number of piperidine rings is 1. The highest BCUT2D eigenvalue weighted by molar-refractivity contribution is 7.88. The quantitative estimate of drug-likeness (QED) is 0.720. The van der Waals surface area contributed by atoms with Crippen LogP contribution in [0.3, 0.4) is 0 Å². The molecule has 2 atom stereocenters. The number of nitrogens with zero attached hydrogens (tertiary/aromatic N) is 2. The fraction of sp³-hybridized carbons (Fsp3) is 0.917. The lowest BCUT2D eigenvalue weighted by Gasteiger charge is -2.38. The monoisotopic (exact) mass is 290 g/mol. The summed E-state index contributed by atoms with van der Waals surface area (Å²) in [5.74, 6) is -0.0692. The predicted octanol–water partition coefficient (Wildman–Crippen LogP) is 0.0478. The number of carbonyl (C=O) groups excluding carboxylic acids is 1. The van der Waals surface area contributed by atoms with Crippen molar-refractivity contribution in [2.24, 2.45) is 0 Å². The second kappa shape index (κ2) is 5.76. The van der Waals surface area contributed by atoms with Gasteiger partial charge in [0.25, 0.3) is 0 Å². The fourth-order valence-electron chi connectivity index (χ4n) is 2.78. The fourth-order valence-corrected chi connectivity index (χ4v) is 3.90. The van der Waals surface area contributed by atoms with Crippen molar-refractivity contribution in [3.63, 3.8) is 0 Å². The van der Waals surface area contributed by atoms with E-state index in [1.807, 2.05) is 6.92 Å². The molecule has 0 aromatic heterocycles. The van der Waals surface area contributed by atoms with Crippen LogP contribution in [0.25, 0.3) is 0 Å². The first-order valence-corrected chi connectivity index (χ1v) is 8.61. The molecule has 0 saturated carbocycles. The molecule has 1 amide bonds. The van der Waals surface area contributed by atoms with Gasteiger partial charge in [0.15, 0.2) is 0 Å². The van der Waals surface area contributed by atoms with E-state index in [2.05, 4.69) is 0 Å². The van der Waals surface area contributed by atoms with Gasteiger partial charge in [-0.05, 0) is 19.8 Å². The summed E-state index contributed by atoms with van der Waals surface area (Å²) < 4.78 is 30.3. The van der Waals surface area contributed by atoms with Crippen molar-refractivity contribution in [1.29, 1.82) is 0 Å². The minimum atomic E-state index is -3.32. The molecule has 0 N–H and O–H groups in total. The zero-order valence-electron chi connectivity index (χ0n) is 11.5. The van der Waals surface area contributed by atoms with Gasteiger partial charge in [0, 0.05) is 19.6 Å².